The Morgan fingerprint density at radius 3 is 2.07 bits per heavy atom. The summed E-state index contributed by atoms with van der Waals surface area (Å²) in [4.78, 5) is 11.9. The summed E-state index contributed by atoms with van der Waals surface area (Å²) in [5, 5.41) is 12.9. The third-order valence-corrected chi connectivity index (χ3v) is 3.65. The summed E-state index contributed by atoms with van der Waals surface area (Å²) in [6.45, 7) is 10.5. The highest BCUT2D eigenvalue weighted by Gasteiger charge is 2.55. The van der Waals surface area contributed by atoms with Crippen LogP contribution >= 0.6 is 0 Å². The molecular weight excluding hydrogens is 180 g/mol. The quantitative estimate of drug-likeness (QED) is 0.561. The van der Waals surface area contributed by atoms with Gasteiger partial charge in [0.1, 0.15) is 0 Å². The van der Waals surface area contributed by atoms with Gasteiger partial charge >= 0.3 is 0 Å². The first-order valence-corrected chi connectivity index (χ1v) is 4.76. The molecule has 0 atom stereocenters. The molecule has 1 aliphatic rings. The van der Waals surface area contributed by atoms with Crippen LogP contribution < -0.4 is 0 Å². The molecule has 80 valence electrons. The Hall–Kier alpha value is -0.900. The first-order chi connectivity index (χ1) is 6.14. The summed E-state index contributed by atoms with van der Waals surface area (Å²) >= 11 is 0. The summed E-state index contributed by atoms with van der Waals surface area (Å²) in [5.74, 6) is 0. The second-order valence-corrected chi connectivity index (χ2v) is 4.88. The molecule has 1 heterocycles. The molecule has 0 aliphatic carbocycles. The lowest BCUT2D eigenvalue weighted by molar-refractivity contribution is -0.600. The molecule has 0 fully saturated rings. The van der Waals surface area contributed by atoms with Crippen molar-refractivity contribution in [1.29, 1.82) is 0 Å². The zero-order chi connectivity index (χ0) is 11.3. The molecule has 0 aromatic carbocycles. The van der Waals surface area contributed by atoms with Crippen LogP contribution in [0.2, 0.25) is 0 Å². The third-order valence-electron chi connectivity index (χ3n) is 3.65. The number of nitroso groups, excluding NO2 is 1. The molecule has 1 aliphatic heterocycles. The highest BCUT2D eigenvalue weighted by molar-refractivity contribution is 5.15. The molecule has 0 saturated carbocycles. The van der Waals surface area contributed by atoms with Crippen molar-refractivity contribution in [3.05, 3.63) is 21.5 Å². The van der Waals surface area contributed by atoms with Gasteiger partial charge in [-0.05, 0) is 20.8 Å². The average molecular weight is 198 g/mol. The molecular formula is C10H18N2O2. The molecule has 14 heavy (non-hydrogen) atoms. The van der Waals surface area contributed by atoms with Gasteiger partial charge < -0.3 is 10.3 Å². The first-order valence-electron chi connectivity index (χ1n) is 4.76. The number of rotatable bonds is 0. The van der Waals surface area contributed by atoms with E-state index in [2.05, 4.69) is 0 Å². The Labute approximate surface area is 84.7 Å². The maximum atomic E-state index is 11.9. The van der Waals surface area contributed by atoms with Crippen molar-refractivity contribution in [1.82, 2.24) is 5.06 Å². The van der Waals surface area contributed by atoms with Crippen molar-refractivity contribution in [2.24, 2.45) is 0 Å². The van der Waals surface area contributed by atoms with E-state index in [1.807, 2.05) is 0 Å². The van der Waals surface area contributed by atoms with Gasteiger partial charge in [-0.25, -0.2) is 0 Å². The molecule has 0 radical (unpaired) electrons. The minimum Gasteiger partial charge on any atom is -0.758 e. The lowest BCUT2D eigenvalue weighted by Crippen LogP contribution is -2.63. The van der Waals surface area contributed by atoms with Crippen molar-refractivity contribution in [2.75, 3.05) is 0 Å². The molecule has 0 aromatic heterocycles. The van der Waals surface area contributed by atoms with Crippen LogP contribution in [-0.2, 0) is 0 Å². The fourth-order valence-electron chi connectivity index (χ4n) is 1.63. The first kappa shape index (κ1) is 11.2. The highest BCUT2D eigenvalue weighted by atomic mass is 16.5. The largest absolute Gasteiger partial charge is 0.758 e. The second kappa shape index (κ2) is 2.79. The second-order valence-electron chi connectivity index (χ2n) is 4.88. The van der Waals surface area contributed by atoms with Crippen LogP contribution in [0.4, 0.5) is 0 Å². The molecule has 0 unspecified atom stereocenters. The van der Waals surface area contributed by atoms with E-state index in [-0.39, 0.29) is 0 Å². The van der Waals surface area contributed by atoms with Crippen molar-refractivity contribution >= 4 is 0 Å². The minimum atomic E-state index is -0.710. The average Bonchev–Trinajstić information content (AvgIpc) is 2.10. The van der Waals surface area contributed by atoms with Crippen LogP contribution in [0.3, 0.4) is 0 Å². The number of hydroxylamine groups is 2. The van der Waals surface area contributed by atoms with E-state index < -0.39 is 11.1 Å². The summed E-state index contributed by atoms with van der Waals surface area (Å²) < 4.78 is 0.941. The van der Waals surface area contributed by atoms with Crippen molar-refractivity contribution < 1.29 is 4.76 Å². The standard InChI is InChI=1S/C10H18N2O2/c1-7-8(2)12(14)10(5,6)9(3,4)11(7)13/h1-6H3. The topological polar surface area (TPSA) is 46.4 Å². The highest BCUT2D eigenvalue weighted by Crippen LogP contribution is 2.39. The number of nitrogens with zero attached hydrogens (tertiary/aromatic N) is 2. The molecule has 4 heteroatoms. The predicted octanol–water partition coefficient (Wildman–Crippen LogP) is 2.39. The van der Waals surface area contributed by atoms with Gasteiger partial charge in [-0.15, -0.1) is 0 Å². The Bertz CT molecular complexity index is 316. The van der Waals surface area contributed by atoms with E-state index in [0.717, 1.165) is 9.82 Å². The number of hydrogen-bond donors (Lipinski definition) is 0. The lowest BCUT2D eigenvalue weighted by atomic mass is 9.79. The number of hydrogen-bond acceptors (Lipinski definition) is 3. The monoisotopic (exact) mass is 198 g/mol. The van der Waals surface area contributed by atoms with Crippen molar-refractivity contribution in [3.63, 3.8) is 0 Å². The minimum absolute atomic E-state index is 0.504. The normalized spacial score (nSPS) is 25.6. The van der Waals surface area contributed by atoms with Gasteiger partial charge in [0.2, 0.25) is 11.2 Å². The van der Waals surface area contributed by atoms with E-state index >= 15 is 0 Å². The van der Waals surface area contributed by atoms with Crippen LogP contribution in [0.25, 0.3) is 0 Å². The van der Waals surface area contributed by atoms with Gasteiger partial charge in [0, 0.05) is 30.4 Å². The molecule has 0 spiro atoms. The molecule has 0 N–H and O–H groups in total. The third kappa shape index (κ3) is 1.10. The van der Waals surface area contributed by atoms with Crippen LogP contribution in [0.15, 0.2) is 11.4 Å². The van der Waals surface area contributed by atoms with Gasteiger partial charge in [0.15, 0.2) is 0 Å². The smallest absolute Gasteiger partial charge is 0.248 e. The SMILES string of the molecule is CC1=C(C)[N+](=O)C(C)(C)C(C)(C)N1[O-]. The zero-order valence-corrected chi connectivity index (χ0v) is 9.71. The van der Waals surface area contributed by atoms with Gasteiger partial charge in [-0.3, -0.25) is 0 Å². The van der Waals surface area contributed by atoms with E-state index in [4.69, 9.17) is 0 Å². The Morgan fingerprint density at radius 2 is 1.64 bits per heavy atom. The summed E-state index contributed by atoms with van der Waals surface area (Å²) in [6, 6.07) is 0. The predicted molar refractivity (Wildman–Crippen MR) is 55.4 cm³/mol. The van der Waals surface area contributed by atoms with Crippen LogP contribution in [0, 0.1) is 10.1 Å². The van der Waals surface area contributed by atoms with E-state index in [0.29, 0.717) is 11.4 Å². The Kier molecular flexibility index (Phi) is 2.23. The summed E-state index contributed by atoms with van der Waals surface area (Å²) in [6.07, 6.45) is 0. The molecule has 1 rings (SSSR count). The van der Waals surface area contributed by atoms with E-state index in [9.17, 15) is 10.1 Å². The molecule has 4 nitrogen and oxygen atoms in total. The molecule has 0 amide bonds. The summed E-state index contributed by atoms with van der Waals surface area (Å²) in [5.41, 5.74) is -0.412. The van der Waals surface area contributed by atoms with Crippen molar-refractivity contribution in [3.8, 4) is 0 Å². The number of allylic oxidation sites excluding steroid dienone is 2. The zero-order valence-electron chi connectivity index (χ0n) is 9.71. The fourth-order valence-corrected chi connectivity index (χ4v) is 1.63. The maximum absolute atomic E-state index is 11.9. The van der Waals surface area contributed by atoms with Gasteiger partial charge in [-0.2, -0.15) is 0 Å². The lowest BCUT2D eigenvalue weighted by Gasteiger charge is -2.52. The van der Waals surface area contributed by atoms with Gasteiger partial charge in [-0.1, -0.05) is 0 Å². The molecule has 0 aromatic rings. The van der Waals surface area contributed by atoms with Crippen molar-refractivity contribution in [2.45, 2.75) is 52.6 Å². The fraction of sp³-hybridized carbons (Fsp3) is 0.800. The van der Waals surface area contributed by atoms with Crippen LogP contribution in [0.5, 0.6) is 0 Å². The van der Waals surface area contributed by atoms with Gasteiger partial charge in [0.05, 0.1) is 11.2 Å². The Morgan fingerprint density at radius 1 is 1.21 bits per heavy atom. The Balaban J connectivity index is 3.39. The van der Waals surface area contributed by atoms with Crippen LogP contribution in [0.1, 0.15) is 41.5 Å². The van der Waals surface area contributed by atoms with E-state index in [1.54, 1.807) is 41.5 Å². The maximum Gasteiger partial charge on any atom is 0.248 e. The molecule has 0 saturated heterocycles. The van der Waals surface area contributed by atoms with Crippen LogP contribution in [-0.4, -0.2) is 20.9 Å². The summed E-state index contributed by atoms with van der Waals surface area (Å²) in [7, 11) is 0. The van der Waals surface area contributed by atoms with Gasteiger partial charge in [0.25, 0.3) is 0 Å². The van der Waals surface area contributed by atoms with E-state index in [1.165, 1.54) is 0 Å². The molecule has 0 bridgehead atoms.